The highest BCUT2D eigenvalue weighted by Crippen LogP contribution is 2.15. The van der Waals surface area contributed by atoms with E-state index in [9.17, 15) is 0 Å². The maximum atomic E-state index is 4.66. The third-order valence-electron chi connectivity index (χ3n) is 2.84. The van der Waals surface area contributed by atoms with Crippen molar-refractivity contribution in [3.8, 4) is 0 Å². The molecule has 0 aromatic carbocycles. The normalized spacial score (nSPS) is 11.6. The first kappa shape index (κ1) is 14.9. The fourth-order valence-electron chi connectivity index (χ4n) is 1.74. The van der Waals surface area contributed by atoms with Crippen molar-refractivity contribution in [3.05, 3.63) is 40.5 Å². The zero-order valence-electron chi connectivity index (χ0n) is 12.6. The van der Waals surface area contributed by atoms with Crippen molar-refractivity contribution in [1.82, 2.24) is 15.3 Å². The maximum absolute atomic E-state index is 4.66. The van der Waals surface area contributed by atoms with Gasteiger partial charge in [0.05, 0.1) is 18.4 Å². The van der Waals surface area contributed by atoms with Crippen molar-refractivity contribution in [3.63, 3.8) is 0 Å². The smallest absolute Gasteiger partial charge is 0.147 e. The second kappa shape index (κ2) is 6.33. The number of nitrogens with zero attached hydrogens (tertiary/aromatic N) is 3. The lowest BCUT2D eigenvalue weighted by atomic mass is 10.1. The van der Waals surface area contributed by atoms with Crippen molar-refractivity contribution in [2.75, 3.05) is 11.9 Å². The van der Waals surface area contributed by atoms with Crippen LogP contribution in [0.4, 0.5) is 5.82 Å². The summed E-state index contributed by atoms with van der Waals surface area (Å²) < 4.78 is 0. The molecule has 108 valence electrons. The fourth-order valence-corrected chi connectivity index (χ4v) is 2.49. The van der Waals surface area contributed by atoms with Gasteiger partial charge in [-0.1, -0.05) is 6.07 Å². The lowest BCUT2D eigenvalue weighted by Gasteiger charge is -2.21. The Bertz CT molecular complexity index is 531. The van der Waals surface area contributed by atoms with E-state index in [0.29, 0.717) is 0 Å². The third kappa shape index (κ3) is 4.58. The molecular formula is C15H22N4S. The summed E-state index contributed by atoms with van der Waals surface area (Å²) in [6.07, 6.45) is 3.63. The second-order valence-corrected chi connectivity index (χ2v) is 6.94. The molecule has 1 N–H and O–H groups in total. The number of anilines is 1. The molecule has 2 heterocycles. The molecule has 0 aliphatic carbocycles. The molecule has 0 atom stereocenters. The Labute approximate surface area is 124 Å². The predicted molar refractivity (Wildman–Crippen MR) is 85.1 cm³/mol. The molecule has 4 nitrogen and oxygen atoms in total. The number of rotatable bonds is 5. The summed E-state index contributed by atoms with van der Waals surface area (Å²) in [6, 6.07) is 4.21. The Morgan fingerprint density at radius 3 is 2.75 bits per heavy atom. The molecule has 0 bridgehead atoms. The highest BCUT2D eigenvalue weighted by Gasteiger charge is 2.10. The van der Waals surface area contributed by atoms with Crippen molar-refractivity contribution >= 4 is 17.2 Å². The lowest BCUT2D eigenvalue weighted by molar-refractivity contribution is 0.421. The van der Waals surface area contributed by atoms with E-state index < -0.39 is 0 Å². The molecular weight excluding hydrogens is 268 g/mol. The Hall–Kier alpha value is -1.46. The van der Waals surface area contributed by atoms with Gasteiger partial charge in [0.1, 0.15) is 5.82 Å². The van der Waals surface area contributed by atoms with Crippen LogP contribution >= 0.6 is 11.3 Å². The highest BCUT2D eigenvalue weighted by atomic mass is 32.1. The minimum absolute atomic E-state index is 0.0839. The van der Waals surface area contributed by atoms with Gasteiger partial charge in [-0.2, -0.15) is 0 Å². The molecule has 5 heteroatoms. The van der Waals surface area contributed by atoms with E-state index in [4.69, 9.17) is 0 Å². The van der Waals surface area contributed by atoms with E-state index in [1.54, 1.807) is 11.3 Å². The van der Waals surface area contributed by atoms with Crippen LogP contribution in [0.25, 0.3) is 0 Å². The van der Waals surface area contributed by atoms with E-state index >= 15 is 0 Å². The zero-order chi connectivity index (χ0) is 14.6. The molecule has 0 radical (unpaired) electrons. The van der Waals surface area contributed by atoms with Crippen LogP contribution in [0.1, 0.15) is 31.3 Å². The van der Waals surface area contributed by atoms with Crippen LogP contribution in [0.2, 0.25) is 0 Å². The Morgan fingerprint density at radius 2 is 2.10 bits per heavy atom. The summed E-state index contributed by atoms with van der Waals surface area (Å²) in [7, 11) is 2.05. The zero-order valence-corrected chi connectivity index (χ0v) is 13.4. The minimum Gasteiger partial charge on any atom is -0.353 e. The van der Waals surface area contributed by atoms with Gasteiger partial charge in [0.15, 0.2) is 0 Å². The van der Waals surface area contributed by atoms with Crippen LogP contribution in [0.15, 0.2) is 29.9 Å². The first-order valence-electron chi connectivity index (χ1n) is 6.73. The summed E-state index contributed by atoms with van der Waals surface area (Å²) in [6.45, 7) is 8.03. The van der Waals surface area contributed by atoms with E-state index in [0.717, 1.165) is 24.6 Å². The lowest BCUT2D eigenvalue weighted by Crippen LogP contribution is -2.35. The standard InChI is InChI=1S/C15H22N4S/c1-15(2,3)17-9-12-8-16-10-14(18-12)19(4)11-13-6-5-7-20-13/h5-8,10,17H,9,11H2,1-4H3. The number of nitrogens with one attached hydrogen (secondary N) is 1. The monoisotopic (exact) mass is 290 g/mol. The topological polar surface area (TPSA) is 41.1 Å². The summed E-state index contributed by atoms with van der Waals surface area (Å²) in [4.78, 5) is 12.4. The molecule has 0 spiro atoms. The van der Waals surface area contributed by atoms with Gasteiger partial charge in [0.25, 0.3) is 0 Å². The Balaban J connectivity index is 2.01. The van der Waals surface area contributed by atoms with Gasteiger partial charge in [-0.05, 0) is 32.2 Å². The number of aromatic nitrogens is 2. The van der Waals surface area contributed by atoms with Crippen LogP contribution in [0, 0.1) is 0 Å². The molecule has 0 unspecified atom stereocenters. The molecule has 2 aromatic rings. The van der Waals surface area contributed by atoms with Gasteiger partial charge in [-0.25, -0.2) is 4.98 Å². The summed E-state index contributed by atoms with van der Waals surface area (Å²) in [5.74, 6) is 0.909. The number of hydrogen-bond acceptors (Lipinski definition) is 5. The molecule has 2 rings (SSSR count). The Kier molecular flexibility index (Phi) is 4.73. The average molecular weight is 290 g/mol. The van der Waals surface area contributed by atoms with Crippen LogP contribution in [-0.2, 0) is 13.1 Å². The highest BCUT2D eigenvalue weighted by molar-refractivity contribution is 7.09. The average Bonchev–Trinajstić information content (AvgIpc) is 2.89. The number of thiophene rings is 1. The van der Waals surface area contributed by atoms with Gasteiger partial charge in [0, 0.05) is 30.2 Å². The summed E-state index contributed by atoms with van der Waals surface area (Å²) in [5.41, 5.74) is 1.05. The van der Waals surface area contributed by atoms with Crippen LogP contribution in [0.3, 0.4) is 0 Å². The van der Waals surface area contributed by atoms with Gasteiger partial charge >= 0.3 is 0 Å². The Morgan fingerprint density at radius 1 is 1.30 bits per heavy atom. The molecule has 0 fully saturated rings. The summed E-state index contributed by atoms with van der Waals surface area (Å²) in [5, 5.41) is 5.53. The van der Waals surface area contributed by atoms with Crippen molar-refractivity contribution < 1.29 is 0 Å². The van der Waals surface area contributed by atoms with Crippen LogP contribution in [0.5, 0.6) is 0 Å². The fraction of sp³-hybridized carbons (Fsp3) is 0.467. The quantitative estimate of drug-likeness (QED) is 0.919. The van der Waals surface area contributed by atoms with Crippen LogP contribution in [-0.4, -0.2) is 22.6 Å². The first-order chi connectivity index (χ1) is 9.44. The predicted octanol–water partition coefficient (Wildman–Crippen LogP) is 3.06. The van der Waals surface area contributed by atoms with E-state index in [1.807, 2.05) is 19.4 Å². The van der Waals surface area contributed by atoms with E-state index in [1.165, 1.54) is 4.88 Å². The SMILES string of the molecule is CN(Cc1cccs1)c1cncc(CNC(C)(C)C)n1. The molecule has 0 saturated carbocycles. The molecule has 2 aromatic heterocycles. The van der Waals surface area contributed by atoms with Gasteiger partial charge in [-0.15, -0.1) is 11.3 Å². The minimum atomic E-state index is 0.0839. The summed E-state index contributed by atoms with van der Waals surface area (Å²) >= 11 is 1.76. The molecule has 0 saturated heterocycles. The number of hydrogen-bond donors (Lipinski definition) is 1. The van der Waals surface area contributed by atoms with Gasteiger partial charge < -0.3 is 10.2 Å². The molecule has 0 amide bonds. The van der Waals surface area contributed by atoms with Gasteiger partial charge in [-0.3, -0.25) is 4.98 Å². The molecule has 20 heavy (non-hydrogen) atoms. The van der Waals surface area contributed by atoms with E-state index in [2.05, 4.69) is 58.5 Å². The van der Waals surface area contributed by atoms with Gasteiger partial charge in [0.2, 0.25) is 0 Å². The largest absolute Gasteiger partial charge is 0.353 e. The van der Waals surface area contributed by atoms with Crippen molar-refractivity contribution in [2.45, 2.75) is 39.4 Å². The van der Waals surface area contributed by atoms with Crippen molar-refractivity contribution in [1.29, 1.82) is 0 Å². The van der Waals surface area contributed by atoms with E-state index in [-0.39, 0.29) is 5.54 Å². The van der Waals surface area contributed by atoms with Crippen LogP contribution < -0.4 is 10.2 Å². The first-order valence-corrected chi connectivity index (χ1v) is 7.61. The molecule has 0 aliphatic rings. The third-order valence-corrected chi connectivity index (χ3v) is 3.70. The maximum Gasteiger partial charge on any atom is 0.147 e. The second-order valence-electron chi connectivity index (χ2n) is 5.91. The molecule has 0 aliphatic heterocycles. The van der Waals surface area contributed by atoms with Crippen molar-refractivity contribution in [2.24, 2.45) is 0 Å².